The van der Waals surface area contributed by atoms with Gasteiger partial charge in [-0.2, -0.15) is 0 Å². The van der Waals surface area contributed by atoms with Crippen LogP contribution < -0.4 is 10.1 Å². The lowest BCUT2D eigenvalue weighted by Gasteiger charge is -2.09. The molecule has 28 heavy (non-hydrogen) atoms. The number of aromatic nitrogens is 1. The van der Waals surface area contributed by atoms with E-state index in [0.29, 0.717) is 12.5 Å². The quantitative estimate of drug-likeness (QED) is 0.629. The molecule has 0 saturated heterocycles. The molecular weight excluding hydrogens is 348 g/mol. The number of hydrogen-bond acceptors (Lipinski definition) is 4. The van der Waals surface area contributed by atoms with E-state index in [1.165, 1.54) is 16.7 Å². The summed E-state index contributed by atoms with van der Waals surface area (Å²) in [6.45, 7) is 6.68. The maximum Gasteiger partial charge on any atom is 0.226 e. The first-order valence-electron chi connectivity index (χ1n) is 9.91. The molecule has 144 valence electrons. The van der Waals surface area contributed by atoms with Crippen molar-refractivity contribution in [2.75, 3.05) is 19.7 Å². The second-order valence-electron chi connectivity index (χ2n) is 7.05. The summed E-state index contributed by atoms with van der Waals surface area (Å²) in [6, 6.07) is 18.4. The van der Waals surface area contributed by atoms with Crippen molar-refractivity contribution in [3.05, 3.63) is 77.2 Å². The Balaban J connectivity index is 1.41. The lowest BCUT2D eigenvalue weighted by molar-refractivity contribution is 0.320. The number of hydrogen-bond donors (Lipinski definition) is 1. The third kappa shape index (κ3) is 4.02. The first-order chi connectivity index (χ1) is 13.7. The summed E-state index contributed by atoms with van der Waals surface area (Å²) < 4.78 is 11.9. The molecule has 0 spiro atoms. The van der Waals surface area contributed by atoms with Gasteiger partial charge in [0, 0.05) is 25.1 Å². The van der Waals surface area contributed by atoms with Gasteiger partial charge in [0.1, 0.15) is 11.5 Å². The molecule has 1 N–H and O–H groups in total. The molecule has 1 aliphatic rings. The van der Waals surface area contributed by atoms with E-state index in [1.807, 2.05) is 43.3 Å². The van der Waals surface area contributed by atoms with Crippen molar-refractivity contribution in [1.82, 2.24) is 10.3 Å². The van der Waals surface area contributed by atoms with Gasteiger partial charge in [0.15, 0.2) is 0 Å². The second kappa shape index (κ2) is 8.44. The van der Waals surface area contributed by atoms with E-state index in [-0.39, 0.29) is 0 Å². The summed E-state index contributed by atoms with van der Waals surface area (Å²) in [5, 5.41) is 3.44. The molecule has 1 aliphatic heterocycles. The van der Waals surface area contributed by atoms with Crippen molar-refractivity contribution in [2.45, 2.75) is 26.7 Å². The Morgan fingerprint density at radius 2 is 1.86 bits per heavy atom. The van der Waals surface area contributed by atoms with Crippen molar-refractivity contribution in [2.24, 2.45) is 0 Å². The van der Waals surface area contributed by atoms with Crippen LogP contribution in [-0.2, 0) is 6.42 Å². The molecular formula is C24H26N2O2. The molecule has 2 aromatic carbocycles. The average molecular weight is 374 g/mol. The highest BCUT2D eigenvalue weighted by Crippen LogP contribution is 2.27. The maximum absolute atomic E-state index is 6.02. The molecule has 0 fully saturated rings. The van der Waals surface area contributed by atoms with Crippen LogP contribution in [0.25, 0.3) is 17.0 Å². The van der Waals surface area contributed by atoms with Gasteiger partial charge in [0.2, 0.25) is 5.89 Å². The summed E-state index contributed by atoms with van der Waals surface area (Å²) in [4.78, 5) is 4.65. The van der Waals surface area contributed by atoms with Crippen LogP contribution in [0, 0.1) is 6.92 Å². The molecule has 0 radical (unpaired) electrons. The number of nitrogens with one attached hydrogen (secondary N) is 1. The molecule has 2 heterocycles. The van der Waals surface area contributed by atoms with Crippen LogP contribution in [0.3, 0.4) is 0 Å². The zero-order valence-corrected chi connectivity index (χ0v) is 16.5. The largest absolute Gasteiger partial charge is 0.493 e. The van der Waals surface area contributed by atoms with Gasteiger partial charge >= 0.3 is 0 Å². The molecule has 3 aromatic rings. The van der Waals surface area contributed by atoms with Gasteiger partial charge < -0.3 is 14.5 Å². The smallest absolute Gasteiger partial charge is 0.226 e. The number of nitrogens with zero attached hydrogens (tertiary/aromatic N) is 1. The topological polar surface area (TPSA) is 47.3 Å². The Kier molecular flexibility index (Phi) is 5.58. The van der Waals surface area contributed by atoms with Crippen molar-refractivity contribution < 1.29 is 9.15 Å². The van der Waals surface area contributed by atoms with Crippen LogP contribution in [0.4, 0.5) is 0 Å². The standard InChI is InChI=1S/C24H26N2O2/c1-3-18-15-25-16-22(18)20-10-7-11-21(14-20)27-13-12-23-17(2)28-24(26-23)19-8-5-4-6-9-19/h4-11,14,25H,3,12-13,15-16H2,1-2H3. The molecule has 0 atom stereocenters. The molecule has 4 nitrogen and oxygen atoms in total. The van der Waals surface area contributed by atoms with Crippen molar-refractivity contribution >= 4 is 5.57 Å². The van der Waals surface area contributed by atoms with E-state index in [9.17, 15) is 0 Å². The van der Waals surface area contributed by atoms with Crippen LogP contribution >= 0.6 is 0 Å². The zero-order valence-electron chi connectivity index (χ0n) is 16.5. The lowest BCUT2D eigenvalue weighted by Crippen LogP contribution is -2.08. The molecule has 0 saturated carbocycles. The Morgan fingerprint density at radius 1 is 1.04 bits per heavy atom. The van der Waals surface area contributed by atoms with Gasteiger partial charge in [-0.05, 0) is 48.7 Å². The first-order valence-corrected chi connectivity index (χ1v) is 9.91. The van der Waals surface area contributed by atoms with Crippen molar-refractivity contribution in [1.29, 1.82) is 0 Å². The molecule has 0 unspecified atom stereocenters. The highest BCUT2D eigenvalue weighted by Gasteiger charge is 2.15. The predicted molar refractivity (Wildman–Crippen MR) is 112 cm³/mol. The molecule has 0 amide bonds. The third-order valence-corrected chi connectivity index (χ3v) is 5.20. The van der Waals surface area contributed by atoms with Gasteiger partial charge in [-0.3, -0.25) is 0 Å². The average Bonchev–Trinajstić information content (AvgIpc) is 3.36. The van der Waals surface area contributed by atoms with E-state index in [1.54, 1.807) is 0 Å². The number of benzene rings is 2. The van der Waals surface area contributed by atoms with Crippen LogP contribution in [0.1, 0.15) is 30.4 Å². The van der Waals surface area contributed by atoms with Gasteiger partial charge in [-0.15, -0.1) is 0 Å². The predicted octanol–water partition coefficient (Wildman–Crippen LogP) is 5.04. The number of rotatable bonds is 7. The second-order valence-corrected chi connectivity index (χ2v) is 7.05. The third-order valence-electron chi connectivity index (χ3n) is 5.20. The normalized spacial score (nSPS) is 13.9. The summed E-state index contributed by atoms with van der Waals surface area (Å²) in [6.07, 6.45) is 1.81. The first kappa shape index (κ1) is 18.5. The highest BCUT2D eigenvalue weighted by molar-refractivity contribution is 5.73. The maximum atomic E-state index is 6.02. The summed E-state index contributed by atoms with van der Waals surface area (Å²) in [5.41, 5.74) is 6.10. The molecule has 0 aliphatic carbocycles. The zero-order chi connectivity index (χ0) is 19.3. The Bertz CT molecular complexity index is 973. The molecule has 1 aromatic heterocycles. The Hall–Kier alpha value is -2.85. The fraction of sp³-hybridized carbons (Fsp3) is 0.292. The van der Waals surface area contributed by atoms with Crippen LogP contribution in [0.2, 0.25) is 0 Å². The fourth-order valence-electron chi connectivity index (χ4n) is 3.62. The van der Waals surface area contributed by atoms with Gasteiger partial charge in [0.05, 0.1) is 12.3 Å². The fourth-order valence-corrected chi connectivity index (χ4v) is 3.62. The molecule has 0 bridgehead atoms. The molecule has 4 heteroatoms. The Morgan fingerprint density at radius 3 is 2.68 bits per heavy atom. The highest BCUT2D eigenvalue weighted by atomic mass is 16.5. The van der Waals surface area contributed by atoms with Crippen LogP contribution in [0.15, 0.2) is 64.6 Å². The van der Waals surface area contributed by atoms with Crippen molar-refractivity contribution in [3.63, 3.8) is 0 Å². The van der Waals surface area contributed by atoms with Crippen molar-refractivity contribution in [3.8, 4) is 17.2 Å². The minimum Gasteiger partial charge on any atom is -0.493 e. The van der Waals surface area contributed by atoms with Crippen LogP contribution in [0.5, 0.6) is 5.75 Å². The molecule has 4 rings (SSSR count). The lowest BCUT2D eigenvalue weighted by atomic mass is 10.0. The minimum atomic E-state index is 0.572. The van der Waals surface area contributed by atoms with Crippen LogP contribution in [-0.4, -0.2) is 24.7 Å². The van der Waals surface area contributed by atoms with E-state index < -0.39 is 0 Å². The van der Waals surface area contributed by atoms with Gasteiger partial charge in [-0.1, -0.05) is 42.8 Å². The number of aryl methyl sites for hydroxylation is 1. The monoisotopic (exact) mass is 374 g/mol. The SMILES string of the molecule is CCC1=C(c2cccc(OCCc3nc(-c4ccccc4)oc3C)c2)CNC1. The Labute approximate surface area is 166 Å². The van der Waals surface area contributed by atoms with Gasteiger partial charge in [0.25, 0.3) is 0 Å². The minimum absolute atomic E-state index is 0.572. The summed E-state index contributed by atoms with van der Waals surface area (Å²) in [7, 11) is 0. The van der Waals surface area contributed by atoms with E-state index in [0.717, 1.165) is 48.7 Å². The van der Waals surface area contributed by atoms with E-state index in [4.69, 9.17) is 9.15 Å². The van der Waals surface area contributed by atoms with Gasteiger partial charge in [-0.25, -0.2) is 4.98 Å². The van der Waals surface area contributed by atoms with E-state index >= 15 is 0 Å². The number of ether oxygens (including phenoxy) is 1. The summed E-state index contributed by atoms with van der Waals surface area (Å²) >= 11 is 0. The van der Waals surface area contributed by atoms with E-state index in [2.05, 4.69) is 35.4 Å². The number of oxazole rings is 1. The summed E-state index contributed by atoms with van der Waals surface area (Å²) in [5.74, 6) is 2.42.